The molecule has 7 nitrogen and oxygen atoms in total. The highest BCUT2D eigenvalue weighted by atomic mass is 16.6. The number of benzene rings is 1. The van der Waals surface area contributed by atoms with E-state index in [1.54, 1.807) is 31.3 Å². The molecule has 2 rings (SSSR count). The van der Waals surface area contributed by atoms with Crippen LogP contribution >= 0.6 is 0 Å². The van der Waals surface area contributed by atoms with Crippen LogP contribution in [0.4, 0.5) is 11.5 Å². The molecule has 0 saturated carbocycles. The van der Waals surface area contributed by atoms with Crippen molar-refractivity contribution in [1.82, 2.24) is 0 Å². The van der Waals surface area contributed by atoms with Gasteiger partial charge in [0, 0.05) is 18.2 Å². The van der Waals surface area contributed by atoms with E-state index in [9.17, 15) is 10.1 Å². The van der Waals surface area contributed by atoms with Crippen LogP contribution in [0.3, 0.4) is 0 Å². The molecule has 98 valence electrons. The van der Waals surface area contributed by atoms with Gasteiger partial charge in [0.2, 0.25) is 0 Å². The molecule has 1 heterocycles. The van der Waals surface area contributed by atoms with Crippen molar-refractivity contribution in [3.8, 4) is 11.5 Å². The van der Waals surface area contributed by atoms with Crippen molar-refractivity contribution in [2.24, 2.45) is 0 Å². The van der Waals surface area contributed by atoms with Crippen molar-refractivity contribution in [1.29, 1.82) is 0 Å². The molecule has 0 saturated heterocycles. The predicted octanol–water partition coefficient (Wildman–Crippen LogP) is 1.28. The minimum Gasteiger partial charge on any atom is -0.457 e. The van der Waals surface area contributed by atoms with Crippen molar-refractivity contribution in [2.45, 2.75) is 6.92 Å². The first-order valence-electron chi connectivity index (χ1n) is 5.46. The zero-order valence-corrected chi connectivity index (χ0v) is 10.2. The van der Waals surface area contributed by atoms with Gasteiger partial charge in [0.15, 0.2) is 0 Å². The number of nitro benzene ring substituents is 1. The molecule has 0 aliphatic carbocycles. The predicted molar refractivity (Wildman–Crippen MR) is 69.1 cm³/mol. The van der Waals surface area contributed by atoms with Crippen LogP contribution in [0.2, 0.25) is 0 Å². The standard InChI is InChI=1S/C12H12N4O3/c1-8-6-9(16(17)18)2-3-11(8)19-10-4-5-15(14)12(13)7-10/h2-7,13H,14H2,1H3/p+1. The molecule has 0 fully saturated rings. The molecule has 0 spiro atoms. The highest BCUT2D eigenvalue weighted by Gasteiger charge is 2.10. The summed E-state index contributed by atoms with van der Waals surface area (Å²) >= 11 is 0. The van der Waals surface area contributed by atoms with E-state index in [1.165, 1.54) is 16.8 Å². The fraction of sp³-hybridized carbons (Fsp3) is 0.0833. The lowest BCUT2D eigenvalue weighted by atomic mass is 10.2. The third-order valence-electron chi connectivity index (χ3n) is 2.58. The number of aryl methyl sites for hydroxylation is 1. The number of nitrogen functional groups attached to an aromatic ring is 2. The molecule has 0 aliphatic rings. The van der Waals surface area contributed by atoms with Crippen molar-refractivity contribution in [3.05, 3.63) is 52.2 Å². The molecule has 0 bridgehead atoms. The van der Waals surface area contributed by atoms with Crippen molar-refractivity contribution in [3.63, 3.8) is 0 Å². The molecule has 19 heavy (non-hydrogen) atoms. The summed E-state index contributed by atoms with van der Waals surface area (Å²) in [5, 5.41) is 10.6. The Morgan fingerprint density at radius 1 is 1.32 bits per heavy atom. The van der Waals surface area contributed by atoms with Gasteiger partial charge in [0.05, 0.1) is 11.0 Å². The van der Waals surface area contributed by atoms with Crippen LogP contribution < -0.4 is 21.0 Å². The van der Waals surface area contributed by atoms with Crippen LogP contribution in [0.15, 0.2) is 36.5 Å². The minimum atomic E-state index is -0.450. The second kappa shape index (κ2) is 4.81. The average Bonchev–Trinajstić information content (AvgIpc) is 2.36. The molecule has 0 aliphatic heterocycles. The maximum Gasteiger partial charge on any atom is 0.299 e. The summed E-state index contributed by atoms with van der Waals surface area (Å²) in [6.07, 6.45) is 1.56. The van der Waals surface area contributed by atoms with E-state index in [0.29, 0.717) is 22.9 Å². The summed E-state index contributed by atoms with van der Waals surface area (Å²) in [5.41, 5.74) is 6.33. The number of pyridine rings is 1. The summed E-state index contributed by atoms with van der Waals surface area (Å²) in [6.45, 7) is 1.73. The number of hydrogen-bond acceptors (Lipinski definition) is 5. The maximum absolute atomic E-state index is 10.6. The quantitative estimate of drug-likeness (QED) is 0.374. The third kappa shape index (κ3) is 2.71. The van der Waals surface area contributed by atoms with E-state index in [4.69, 9.17) is 16.3 Å². The Labute approximate surface area is 109 Å². The zero-order chi connectivity index (χ0) is 14.0. The van der Waals surface area contributed by atoms with Gasteiger partial charge >= 0.3 is 0 Å². The highest BCUT2D eigenvalue weighted by molar-refractivity contribution is 5.45. The SMILES string of the molecule is Cc1cc([N+](=O)[O-])ccc1Oc1cc[n+](N)c(N)c1. The Balaban J connectivity index is 2.28. The first-order chi connectivity index (χ1) is 8.97. The maximum atomic E-state index is 10.6. The largest absolute Gasteiger partial charge is 0.457 e. The topological polar surface area (TPSA) is 108 Å². The molecule has 0 atom stereocenters. The summed E-state index contributed by atoms with van der Waals surface area (Å²) in [5.74, 6) is 6.91. The molecule has 4 N–H and O–H groups in total. The summed E-state index contributed by atoms with van der Waals surface area (Å²) in [6, 6.07) is 7.60. The van der Waals surface area contributed by atoms with Crippen LogP contribution in [0.25, 0.3) is 0 Å². The van der Waals surface area contributed by atoms with Gasteiger partial charge in [0.1, 0.15) is 17.7 Å². The second-order valence-electron chi connectivity index (χ2n) is 4.00. The molecular formula is C12H13N4O3+. The Bertz CT molecular complexity index is 643. The van der Waals surface area contributed by atoms with E-state index in [-0.39, 0.29) is 5.69 Å². The Hall–Kier alpha value is -2.83. The second-order valence-corrected chi connectivity index (χ2v) is 4.00. The fourth-order valence-electron chi connectivity index (χ4n) is 1.56. The number of anilines is 1. The normalized spacial score (nSPS) is 10.2. The zero-order valence-electron chi connectivity index (χ0n) is 10.2. The van der Waals surface area contributed by atoms with Gasteiger partial charge in [-0.2, -0.15) is 0 Å². The van der Waals surface area contributed by atoms with Gasteiger partial charge in [-0.1, -0.05) is 0 Å². The van der Waals surface area contributed by atoms with Crippen molar-refractivity contribution >= 4 is 11.5 Å². The van der Waals surface area contributed by atoms with Crippen LogP contribution in [0.5, 0.6) is 11.5 Å². The lowest BCUT2D eigenvalue weighted by Gasteiger charge is -2.08. The van der Waals surface area contributed by atoms with E-state index in [2.05, 4.69) is 0 Å². The summed E-state index contributed by atoms with van der Waals surface area (Å²) in [7, 11) is 0. The summed E-state index contributed by atoms with van der Waals surface area (Å²) < 4.78 is 6.87. The van der Waals surface area contributed by atoms with Gasteiger partial charge in [-0.05, 0) is 18.6 Å². The first-order valence-corrected chi connectivity index (χ1v) is 5.46. The number of nitrogens with zero attached hydrogens (tertiary/aromatic N) is 2. The Morgan fingerprint density at radius 2 is 2.05 bits per heavy atom. The van der Waals surface area contributed by atoms with Gasteiger partial charge in [-0.15, -0.1) is 4.68 Å². The molecular weight excluding hydrogens is 248 g/mol. The monoisotopic (exact) mass is 261 g/mol. The number of aromatic nitrogens is 1. The van der Waals surface area contributed by atoms with Crippen LogP contribution in [0, 0.1) is 17.0 Å². The van der Waals surface area contributed by atoms with Crippen molar-refractivity contribution < 1.29 is 14.3 Å². The lowest BCUT2D eigenvalue weighted by Crippen LogP contribution is -2.46. The lowest BCUT2D eigenvalue weighted by molar-refractivity contribution is -0.623. The minimum absolute atomic E-state index is 0.0252. The van der Waals surface area contributed by atoms with E-state index < -0.39 is 4.92 Å². The average molecular weight is 261 g/mol. The first kappa shape index (κ1) is 12.6. The number of rotatable bonds is 3. The van der Waals surface area contributed by atoms with E-state index in [1.807, 2.05) is 0 Å². The van der Waals surface area contributed by atoms with E-state index in [0.717, 1.165) is 0 Å². The number of hydrogen-bond donors (Lipinski definition) is 2. The Kier molecular flexibility index (Phi) is 3.19. The van der Waals surface area contributed by atoms with Gasteiger partial charge in [0.25, 0.3) is 11.5 Å². The smallest absolute Gasteiger partial charge is 0.299 e. The molecule has 0 radical (unpaired) electrons. The number of non-ortho nitro benzene ring substituents is 1. The number of nitrogens with two attached hydrogens (primary N) is 2. The molecule has 7 heteroatoms. The fourth-order valence-corrected chi connectivity index (χ4v) is 1.56. The third-order valence-corrected chi connectivity index (χ3v) is 2.58. The van der Waals surface area contributed by atoms with E-state index >= 15 is 0 Å². The summed E-state index contributed by atoms with van der Waals surface area (Å²) in [4.78, 5) is 10.2. The molecule has 1 aromatic carbocycles. The number of ether oxygens (including phenoxy) is 1. The van der Waals surface area contributed by atoms with Crippen molar-refractivity contribution in [2.75, 3.05) is 11.6 Å². The molecule has 0 amide bonds. The van der Waals surface area contributed by atoms with Crippen LogP contribution in [0.1, 0.15) is 5.56 Å². The number of nitro groups is 1. The molecule has 1 aromatic heterocycles. The molecule has 2 aromatic rings. The van der Waals surface area contributed by atoms with Gasteiger partial charge in [-0.3, -0.25) is 21.7 Å². The molecule has 0 unspecified atom stereocenters. The van der Waals surface area contributed by atoms with Gasteiger partial charge < -0.3 is 4.74 Å². The highest BCUT2D eigenvalue weighted by Crippen LogP contribution is 2.28. The van der Waals surface area contributed by atoms with Gasteiger partial charge in [-0.25, -0.2) is 0 Å². The van der Waals surface area contributed by atoms with Crippen LogP contribution in [-0.2, 0) is 0 Å². The Morgan fingerprint density at radius 3 is 2.63 bits per heavy atom. The van der Waals surface area contributed by atoms with Crippen LogP contribution in [-0.4, -0.2) is 4.92 Å².